The summed E-state index contributed by atoms with van der Waals surface area (Å²) in [7, 11) is 0. The first-order valence-electron chi connectivity index (χ1n) is 7.90. The molecule has 0 aromatic heterocycles. The van der Waals surface area contributed by atoms with Crippen LogP contribution in [0.2, 0.25) is 0 Å². The van der Waals surface area contributed by atoms with E-state index < -0.39 is 17.4 Å². The SMILES string of the molecule is CC(C)OC1(OC(C)C)CCCCC1(OC(C)C)C(=O)[O-].[Zr+]. The van der Waals surface area contributed by atoms with Crippen molar-refractivity contribution in [2.75, 3.05) is 0 Å². The third-order valence-corrected chi connectivity index (χ3v) is 3.52. The molecule has 1 atom stereocenters. The van der Waals surface area contributed by atoms with E-state index in [0.29, 0.717) is 12.8 Å². The predicted molar refractivity (Wildman–Crippen MR) is 77.6 cm³/mol. The molecule has 5 nitrogen and oxygen atoms in total. The van der Waals surface area contributed by atoms with Gasteiger partial charge in [0.05, 0.1) is 24.3 Å². The fraction of sp³-hybridized carbons (Fsp3) is 0.938. The second-order valence-electron chi connectivity index (χ2n) is 6.57. The molecule has 1 unspecified atom stereocenters. The molecule has 0 N–H and O–H groups in total. The molecule has 1 fully saturated rings. The van der Waals surface area contributed by atoms with Crippen LogP contribution in [0.4, 0.5) is 0 Å². The van der Waals surface area contributed by atoms with E-state index in [1.807, 2.05) is 41.5 Å². The number of carboxylic acid groups (broad SMARTS) is 1. The molecule has 1 aliphatic carbocycles. The number of carbonyl (C=O) groups is 1. The van der Waals surface area contributed by atoms with Crippen molar-refractivity contribution in [3.63, 3.8) is 0 Å². The van der Waals surface area contributed by atoms with Crippen LogP contribution < -0.4 is 5.11 Å². The van der Waals surface area contributed by atoms with Gasteiger partial charge in [-0.25, -0.2) is 0 Å². The zero-order valence-corrected chi connectivity index (χ0v) is 17.1. The van der Waals surface area contributed by atoms with Gasteiger partial charge >= 0.3 is 26.2 Å². The van der Waals surface area contributed by atoms with Crippen LogP contribution in [-0.4, -0.2) is 35.7 Å². The van der Waals surface area contributed by atoms with Crippen molar-refractivity contribution in [3.8, 4) is 0 Å². The number of rotatable bonds is 7. The van der Waals surface area contributed by atoms with E-state index in [0.717, 1.165) is 12.8 Å². The monoisotopic (exact) mass is 391 g/mol. The first-order valence-corrected chi connectivity index (χ1v) is 7.90. The summed E-state index contributed by atoms with van der Waals surface area (Å²) in [6.07, 6.45) is 1.83. The van der Waals surface area contributed by atoms with Crippen molar-refractivity contribution in [3.05, 3.63) is 0 Å². The molecule has 0 amide bonds. The molecular formula is C16H29O5Zr. The van der Waals surface area contributed by atoms with E-state index in [9.17, 15) is 9.90 Å². The maximum absolute atomic E-state index is 12.0. The van der Waals surface area contributed by atoms with Crippen molar-refractivity contribution in [2.45, 2.75) is 96.9 Å². The van der Waals surface area contributed by atoms with E-state index in [-0.39, 0.29) is 44.5 Å². The summed E-state index contributed by atoms with van der Waals surface area (Å²) in [6.45, 7) is 11.1. The van der Waals surface area contributed by atoms with Gasteiger partial charge in [0.2, 0.25) is 5.79 Å². The van der Waals surface area contributed by atoms with Gasteiger partial charge in [-0.15, -0.1) is 0 Å². The smallest absolute Gasteiger partial charge is 0.547 e. The molecule has 1 radical (unpaired) electrons. The Balaban J connectivity index is 0.00000441. The Labute approximate surface area is 153 Å². The number of carbonyl (C=O) groups excluding carboxylic acids is 1. The quantitative estimate of drug-likeness (QED) is 0.620. The molecule has 0 saturated heterocycles. The fourth-order valence-corrected chi connectivity index (χ4v) is 3.08. The van der Waals surface area contributed by atoms with Crippen LogP contribution in [-0.2, 0) is 45.2 Å². The van der Waals surface area contributed by atoms with E-state index in [1.165, 1.54) is 0 Å². The molecule has 1 saturated carbocycles. The zero-order valence-electron chi connectivity index (χ0n) is 14.6. The number of ether oxygens (including phenoxy) is 3. The molecule has 0 bridgehead atoms. The average molecular weight is 393 g/mol. The zero-order chi connectivity index (χ0) is 16.3. The van der Waals surface area contributed by atoms with Crippen LogP contribution in [0, 0.1) is 0 Å². The Bertz CT molecular complexity index is 346. The van der Waals surface area contributed by atoms with Gasteiger partial charge in [0.15, 0.2) is 5.60 Å². The largest absolute Gasteiger partial charge is 1.00 e. The van der Waals surface area contributed by atoms with Crippen molar-refractivity contribution < 1.29 is 50.3 Å². The van der Waals surface area contributed by atoms with Crippen molar-refractivity contribution in [2.24, 2.45) is 0 Å². The second-order valence-corrected chi connectivity index (χ2v) is 6.57. The topological polar surface area (TPSA) is 67.8 Å². The van der Waals surface area contributed by atoms with Crippen LogP contribution >= 0.6 is 0 Å². The third kappa shape index (κ3) is 4.86. The molecule has 22 heavy (non-hydrogen) atoms. The van der Waals surface area contributed by atoms with Gasteiger partial charge in [0.1, 0.15) is 0 Å². The minimum atomic E-state index is -1.56. The maximum Gasteiger partial charge on any atom is 1.00 e. The fourth-order valence-electron chi connectivity index (χ4n) is 3.08. The van der Waals surface area contributed by atoms with Gasteiger partial charge in [-0.1, -0.05) is 0 Å². The molecule has 0 aliphatic heterocycles. The van der Waals surface area contributed by atoms with E-state index in [2.05, 4.69) is 0 Å². The van der Waals surface area contributed by atoms with E-state index >= 15 is 0 Å². The Morgan fingerprint density at radius 2 is 1.27 bits per heavy atom. The van der Waals surface area contributed by atoms with Gasteiger partial charge in [-0.05, 0) is 60.8 Å². The molecule has 0 aromatic carbocycles. The van der Waals surface area contributed by atoms with Gasteiger partial charge in [-0.2, -0.15) is 0 Å². The van der Waals surface area contributed by atoms with E-state index in [1.54, 1.807) is 0 Å². The van der Waals surface area contributed by atoms with Gasteiger partial charge < -0.3 is 24.1 Å². The van der Waals surface area contributed by atoms with Crippen LogP contribution in [0.1, 0.15) is 67.2 Å². The van der Waals surface area contributed by atoms with Crippen LogP contribution in [0.3, 0.4) is 0 Å². The minimum absolute atomic E-state index is 0. The van der Waals surface area contributed by atoms with E-state index in [4.69, 9.17) is 14.2 Å². The first kappa shape index (κ1) is 22.2. The number of hydrogen-bond donors (Lipinski definition) is 0. The second kappa shape index (κ2) is 8.91. The summed E-state index contributed by atoms with van der Waals surface area (Å²) < 4.78 is 17.8. The van der Waals surface area contributed by atoms with Crippen LogP contribution in [0.5, 0.6) is 0 Å². The molecule has 0 heterocycles. The van der Waals surface area contributed by atoms with Crippen molar-refractivity contribution >= 4 is 5.97 Å². The molecule has 0 aromatic rings. The Morgan fingerprint density at radius 1 is 0.864 bits per heavy atom. The van der Waals surface area contributed by atoms with Crippen LogP contribution in [0.25, 0.3) is 0 Å². The summed E-state index contributed by atoms with van der Waals surface area (Å²) in [5.41, 5.74) is -1.56. The summed E-state index contributed by atoms with van der Waals surface area (Å²) in [5, 5.41) is 12.0. The Kier molecular flexibility index (Phi) is 9.01. The van der Waals surface area contributed by atoms with Crippen molar-refractivity contribution in [1.29, 1.82) is 0 Å². The van der Waals surface area contributed by atoms with Gasteiger partial charge in [0, 0.05) is 6.42 Å². The third-order valence-electron chi connectivity index (χ3n) is 3.52. The molecular weight excluding hydrogens is 363 g/mol. The number of carboxylic acids is 1. The Hall–Kier alpha value is 0.233. The Morgan fingerprint density at radius 3 is 1.64 bits per heavy atom. The number of hydrogen-bond acceptors (Lipinski definition) is 5. The van der Waals surface area contributed by atoms with Gasteiger partial charge in [-0.3, -0.25) is 0 Å². The summed E-state index contributed by atoms with van der Waals surface area (Å²) in [5.74, 6) is -2.55. The predicted octanol–water partition coefficient (Wildman–Crippen LogP) is 2.02. The maximum atomic E-state index is 12.0. The molecule has 1 aliphatic rings. The minimum Gasteiger partial charge on any atom is -0.547 e. The summed E-state index contributed by atoms with van der Waals surface area (Å²) >= 11 is 0. The standard InChI is InChI=1S/C16H30O5.Zr/c1-11(2)19-15(14(17)18)9-7-8-10-16(15,20-12(3)4)21-13(5)6;/h11-13H,7-10H2,1-6H3,(H,17,18);/q;+1/p-1. The first-order chi connectivity index (χ1) is 9.65. The molecule has 6 heteroatoms. The number of aliphatic carboxylic acids is 1. The van der Waals surface area contributed by atoms with Crippen LogP contribution in [0.15, 0.2) is 0 Å². The normalized spacial score (nSPS) is 24.6. The summed E-state index contributed by atoms with van der Waals surface area (Å²) in [4.78, 5) is 12.0. The van der Waals surface area contributed by atoms with Gasteiger partial charge in [0.25, 0.3) is 0 Å². The summed E-state index contributed by atoms with van der Waals surface area (Å²) in [6, 6.07) is 0. The molecule has 1 rings (SSSR count). The molecule has 127 valence electrons. The van der Waals surface area contributed by atoms with Crippen molar-refractivity contribution in [1.82, 2.24) is 0 Å². The average Bonchev–Trinajstić information content (AvgIpc) is 2.29. The molecule has 0 spiro atoms.